The second-order valence-electron chi connectivity index (χ2n) is 4.15. The monoisotopic (exact) mass is 289 g/mol. The lowest BCUT2D eigenvalue weighted by molar-refractivity contribution is 0.408. The largest absolute Gasteiger partial charge is 0.497 e. The Balaban J connectivity index is 2.30. The van der Waals surface area contributed by atoms with E-state index in [2.05, 4.69) is 13.0 Å². The summed E-state index contributed by atoms with van der Waals surface area (Å²) in [6.07, 6.45) is 0. The summed E-state index contributed by atoms with van der Waals surface area (Å²) >= 11 is 1.77. The number of nitrogens with two attached hydrogens (primary N) is 1. The van der Waals surface area contributed by atoms with E-state index in [-0.39, 0.29) is 0 Å². The van der Waals surface area contributed by atoms with Crippen LogP contribution in [0.15, 0.2) is 47.4 Å². The Bertz CT molecular complexity index is 572. The molecule has 0 aliphatic heterocycles. The fourth-order valence-corrected chi connectivity index (χ4v) is 2.77. The molecule has 2 aromatic rings. The number of rotatable bonds is 6. The van der Waals surface area contributed by atoms with Gasteiger partial charge in [-0.05, 0) is 30.0 Å². The van der Waals surface area contributed by atoms with Gasteiger partial charge in [0.2, 0.25) is 0 Å². The summed E-state index contributed by atoms with van der Waals surface area (Å²) < 4.78 is 11.2. The molecule has 0 atom stereocenters. The van der Waals surface area contributed by atoms with Crippen LogP contribution in [0.1, 0.15) is 12.5 Å². The van der Waals surface area contributed by atoms with Crippen LogP contribution in [-0.2, 0) is 6.54 Å². The number of hydrogen-bond acceptors (Lipinski definition) is 4. The van der Waals surface area contributed by atoms with Gasteiger partial charge in [0, 0.05) is 23.1 Å². The summed E-state index contributed by atoms with van der Waals surface area (Å²) in [6.45, 7) is 2.59. The quantitative estimate of drug-likeness (QED) is 0.815. The van der Waals surface area contributed by atoms with Crippen LogP contribution >= 0.6 is 11.8 Å². The second kappa shape index (κ2) is 7.22. The molecule has 2 rings (SSSR count). The minimum atomic E-state index is 0.461. The molecule has 3 nitrogen and oxygen atoms in total. The smallest absolute Gasteiger partial charge is 0.133 e. The number of hydrogen-bond donors (Lipinski definition) is 1. The SMILES string of the molecule is CCSc1cccc(Oc2cccc(OC)c2)c1CN. The van der Waals surface area contributed by atoms with Crippen molar-refractivity contribution in [2.45, 2.75) is 18.4 Å². The molecule has 0 aliphatic carbocycles. The second-order valence-corrected chi connectivity index (χ2v) is 5.46. The third-order valence-corrected chi connectivity index (χ3v) is 3.85. The fourth-order valence-electron chi connectivity index (χ4n) is 1.92. The topological polar surface area (TPSA) is 44.5 Å². The maximum absolute atomic E-state index is 5.96. The molecule has 0 unspecified atom stereocenters. The first-order valence-electron chi connectivity index (χ1n) is 6.55. The van der Waals surface area contributed by atoms with Crippen LogP contribution in [0.3, 0.4) is 0 Å². The van der Waals surface area contributed by atoms with Crippen LogP contribution in [0.2, 0.25) is 0 Å². The zero-order valence-electron chi connectivity index (χ0n) is 11.8. The summed E-state index contributed by atoms with van der Waals surface area (Å²) in [5.41, 5.74) is 6.92. The molecule has 0 bridgehead atoms. The normalized spacial score (nSPS) is 10.3. The van der Waals surface area contributed by atoms with Gasteiger partial charge in [-0.2, -0.15) is 0 Å². The highest BCUT2D eigenvalue weighted by Crippen LogP contribution is 2.33. The Morgan fingerprint density at radius 1 is 1.10 bits per heavy atom. The van der Waals surface area contributed by atoms with Crippen molar-refractivity contribution >= 4 is 11.8 Å². The molecule has 0 spiro atoms. The highest BCUT2D eigenvalue weighted by atomic mass is 32.2. The minimum absolute atomic E-state index is 0.461. The molecule has 0 saturated heterocycles. The van der Waals surface area contributed by atoms with Crippen molar-refractivity contribution < 1.29 is 9.47 Å². The molecule has 4 heteroatoms. The molecule has 0 amide bonds. The first kappa shape index (κ1) is 14.8. The van der Waals surface area contributed by atoms with E-state index in [0.717, 1.165) is 28.6 Å². The number of methoxy groups -OCH3 is 1. The number of thioether (sulfide) groups is 1. The molecular formula is C16H19NO2S. The predicted octanol–water partition coefficient (Wildman–Crippen LogP) is 4.06. The molecule has 106 valence electrons. The van der Waals surface area contributed by atoms with Crippen molar-refractivity contribution in [3.63, 3.8) is 0 Å². The van der Waals surface area contributed by atoms with Gasteiger partial charge in [0.1, 0.15) is 17.2 Å². The average molecular weight is 289 g/mol. The molecular weight excluding hydrogens is 270 g/mol. The highest BCUT2D eigenvalue weighted by molar-refractivity contribution is 7.99. The average Bonchev–Trinajstić information content (AvgIpc) is 2.48. The Kier molecular flexibility index (Phi) is 5.32. The van der Waals surface area contributed by atoms with Gasteiger partial charge in [-0.1, -0.05) is 19.1 Å². The van der Waals surface area contributed by atoms with Crippen molar-refractivity contribution in [1.82, 2.24) is 0 Å². The lowest BCUT2D eigenvalue weighted by Crippen LogP contribution is -2.01. The summed E-state index contributed by atoms with van der Waals surface area (Å²) in [5.74, 6) is 3.34. The van der Waals surface area contributed by atoms with E-state index in [1.165, 1.54) is 4.90 Å². The summed E-state index contributed by atoms with van der Waals surface area (Å²) in [7, 11) is 1.64. The van der Waals surface area contributed by atoms with Gasteiger partial charge in [0.05, 0.1) is 7.11 Å². The maximum Gasteiger partial charge on any atom is 0.133 e. The molecule has 0 saturated carbocycles. The van der Waals surface area contributed by atoms with Gasteiger partial charge >= 0.3 is 0 Å². The fraction of sp³-hybridized carbons (Fsp3) is 0.250. The van der Waals surface area contributed by atoms with E-state index in [0.29, 0.717) is 6.54 Å². The first-order chi connectivity index (χ1) is 9.78. The molecule has 0 heterocycles. The van der Waals surface area contributed by atoms with Crippen LogP contribution in [0.5, 0.6) is 17.2 Å². The highest BCUT2D eigenvalue weighted by Gasteiger charge is 2.09. The summed E-state index contributed by atoms with van der Waals surface area (Å²) in [5, 5.41) is 0. The third-order valence-electron chi connectivity index (χ3n) is 2.86. The third kappa shape index (κ3) is 3.46. The van der Waals surface area contributed by atoms with Gasteiger partial charge in [0.15, 0.2) is 0 Å². The van der Waals surface area contributed by atoms with Crippen molar-refractivity contribution in [1.29, 1.82) is 0 Å². The summed E-state index contributed by atoms with van der Waals surface area (Å²) in [4.78, 5) is 1.18. The van der Waals surface area contributed by atoms with Gasteiger partial charge in [-0.25, -0.2) is 0 Å². The predicted molar refractivity (Wildman–Crippen MR) is 83.8 cm³/mol. The van der Waals surface area contributed by atoms with E-state index < -0.39 is 0 Å². The van der Waals surface area contributed by atoms with E-state index in [4.69, 9.17) is 15.2 Å². The Hall–Kier alpha value is -1.65. The zero-order chi connectivity index (χ0) is 14.4. The van der Waals surface area contributed by atoms with Gasteiger partial charge < -0.3 is 15.2 Å². The zero-order valence-corrected chi connectivity index (χ0v) is 12.6. The van der Waals surface area contributed by atoms with Gasteiger partial charge in [-0.3, -0.25) is 0 Å². The van der Waals surface area contributed by atoms with E-state index >= 15 is 0 Å². The lowest BCUT2D eigenvalue weighted by Gasteiger charge is -2.14. The van der Waals surface area contributed by atoms with E-state index in [1.54, 1.807) is 18.9 Å². The van der Waals surface area contributed by atoms with Crippen LogP contribution in [0.25, 0.3) is 0 Å². The van der Waals surface area contributed by atoms with Crippen molar-refractivity contribution in [3.8, 4) is 17.2 Å². The Morgan fingerprint density at radius 3 is 2.55 bits per heavy atom. The number of benzene rings is 2. The van der Waals surface area contributed by atoms with Crippen molar-refractivity contribution in [2.75, 3.05) is 12.9 Å². The van der Waals surface area contributed by atoms with Crippen LogP contribution in [-0.4, -0.2) is 12.9 Å². The molecule has 0 aliphatic rings. The standard InChI is InChI=1S/C16H19NO2S/c1-3-20-16-9-5-8-15(14(16)11-17)19-13-7-4-6-12(10-13)18-2/h4-10H,3,11,17H2,1-2H3. The molecule has 0 fully saturated rings. The van der Waals surface area contributed by atoms with Crippen molar-refractivity contribution in [3.05, 3.63) is 48.0 Å². The van der Waals surface area contributed by atoms with Crippen LogP contribution in [0.4, 0.5) is 0 Å². The lowest BCUT2D eigenvalue weighted by atomic mass is 10.2. The van der Waals surface area contributed by atoms with Crippen molar-refractivity contribution in [2.24, 2.45) is 5.73 Å². The molecule has 2 aromatic carbocycles. The molecule has 0 radical (unpaired) electrons. The number of ether oxygens (including phenoxy) is 2. The molecule has 20 heavy (non-hydrogen) atoms. The van der Waals surface area contributed by atoms with Gasteiger partial charge in [-0.15, -0.1) is 11.8 Å². The first-order valence-corrected chi connectivity index (χ1v) is 7.53. The van der Waals surface area contributed by atoms with Crippen LogP contribution < -0.4 is 15.2 Å². The Morgan fingerprint density at radius 2 is 1.85 bits per heavy atom. The van der Waals surface area contributed by atoms with Crippen LogP contribution in [0, 0.1) is 0 Å². The minimum Gasteiger partial charge on any atom is -0.497 e. The Labute approximate surface area is 124 Å². The summed E-state index contributed by atoms with van der Waals surface area (Å²) in [6, 6.07) is 13.6. The van der Waals surface area contributed by atoms with E-state index in [9.17, 15) is 0 Å². The van der Waals surface area contributed by atoms with E-state index in [1.807, 2.05) is 36.4 Å². The maximum atomic E-state index is 5.96. The molecule has 2 N–H and O–H groups in total. The van der Waals surface area contributed by atoms with Gasteiger partial charge in [0.25, 0.3) is 0 Å². The molecule has 0 aromatic heterocycles.